The van der Waals surface area contributed by atoms with Gasteiger partial charge >= 0.3 is 0 Å². The van der Waals surface area contributed by atoms with E-state index in [-0.39, 0.29) is 0 Å². The Morgan fingerprint density at radius 3 is 2.76 bits per heavy atom. The first-order valence-corrected chi connectivity index (χ1v) is 8.45. The van der Waals surface area contributed by atoms with Crippen LogP contribution in [0.3, 0.4) is 0 Å². The van der Waals surface area contributed by atoms with Crippen molar-refractivity contribution in [2.75, 3.05) is 5.73 Å². The Kier molecular flexibility index (Phi) is 3.73. The number of nitrogens with zero attached hydrogens (tertiary/aromatic N) is 3. The molecule has 0 bridgehead atoms. The quantitative estimate of drug-likeness (QED) is 0.752. The number of pyridine rings is 1. The minimum atomic E-state index is 0.307. The third-order valence-corrected chi connectivity index (χ3v) is 4.95. The van der Waals surface area contributed by atoms with Crippen molar-refractivity contribution in [3.63, 3.8) is 0 Å². The lowest BCUT2D eigenvalue weighted by Crippen LogP contribution is -2.17. The Hall–Kier alpha value is -3.13. The zero-order valence-electron chi connectivity index (χ0n) is 14.1. The molecular formula is C20H19N5. The monoisotopic (exact) mass is 329 g/mol. The maximum atomic E-state index is 9.65. The molecule has 1 unspecified atom stereocenters. The van der Waals surface area contributed by atoms with Crippen molar-refractivity contribution in [1.82, 2.24) is 15.0 Å². The van der Waals surface area contributed by atoms with Gasteiger partial charge in [0.05, 0.1) is 11.9 Å². The molecule has 1 aliphatic rings. The summed E-state index contributed by atoms with van der Waals surface area (Å²) >= 11 is 0. The van der Waals surface area contributed by atoms with Crippen molar-refractivity contribution in [2.45, 2.75) is 32.1 Å². The highest BCUT2D eigenvalue weighted by Gasteiger charge is 2.27. The lowest BCUT2D eigenvalue weighted by Gasteiger charge is -2.27. The van der Waals surface area contributed by atoms with Crippen molar-refractivity contribution in [2.24, 2.45) is 0 Å². The maximum absolute atomic E-state index is 9.65. The van der Waals surface area contributed by atoms with Crippen LogP contribution in [-0.2, 0) is 12.8 Å². The number of aryl methyl sites for hydroxylation is 2. The average Bonchev–Trinajstić information content (AvgIpc) is 3.07. The number of nitrogens with one attached hydrogen (secondary N) is 1. The Morgan fingerprint density at radius 2 is 2.08 bits per heavy atom. The van der Waals surface area contributed by atoms with Crippen molar-refractivity contribution in [3.8, 4) is 17.3 Å². The van der Waals surface area contributed by atoms with Crippen LogP contribution in [0.4, 0.5) is 5.82 Å². The van der Waals surface area contributed by atoms with Crippen LogP contribution in [0.25, 0.3) is 11.3 Å². The number of hydrogen-bond donors (Lipinski definition) is 2. The predicted molar refractivity (Wildman–Crippen MR) is 96.9 cm³/mol. The minimum Gasteiger partial charge on any atom is -0.383 e. The predicted octanol–water partition coefficient (Wildman–Crippen LogP) is 3.51. The molecule has 3 N–H and O–H groups in total. The van der Waals surface area contributed by atoms with Crippen molar-refractivity contribution in [1.29, 1.82) is 5.26 Å². The highest BCUT2D eigenvalue weighted by atomic mass is 14.9. The highest BCUT2D eigenvalue weighted by Crippen LogP contribution is 2.39. The zero-order valence-corrected chi connectivity index (χ0v) is 14.1. The van der Waals surface area contributed by atoms with Gasteiger partial charge in [-0.3, -0.25) is 0 Å². The lowest BCUT2D eigenvalue weighted by atomic mass is 9.79. The van der Waals surface area contributed by atoms with Gasteiger partial charge in [0, 0.05) is 11.3 Å². The summed E-state index contributed by atoms with van der Waals surface area (Å²) in [6.45, 7) is 1.90. The SMILES string of the molecule is Cc1ncc(-c2c(C#N)c(N)nc3c2CC(c2ccccc2)CC3)[nH]1. The number of aromatic amines is 1. The molecule has 4 rings (SSSR count). The molecule has 1 atom stereocenters. The molecule has 0 fully saturated rings. The Balaban J connectivity index is 1.87. The lowest BCUT2D eigenvalue weighted by molar-refractivity contribution is 0.575. The van der Waals surface area contributed by atoms with Crippen molar-refractivity contribution >= 4 is 5.82 Å². The fourth-order valence-corrected chi connectivity index (χ4v) is 3.75. The summed E-state index contributed by atoms with van der Waals surface area (Å²) in [4.78, 5) is 12.1. The van der Waals surface area contributed by atoms with Crippen LogP contribution in [0, 0.1) is 18.3 Å². The summed E-state index contributed by atoms with van der Waals surface area (Å²) in [5.41, 5.74) is 11.7. The standard InChI is InChI=1S/C20H19N5/c1-12-23-11-18(24-12)19-15-9-14(13-5-3-2-4-6-13)7-8-17(15)25-20(22)16(19)10-21/h2-6,11,14H,7-9H2,1H3,(H2,22,25)(H,23,24). The number of nitrogens with two attached hydrogens (primary N) is 1. The molecule has 2 heterocycles. The molecule has 0 saturated heterocycles. The summed E-state index contributed by atoms with van der Waals surface area (Å²) in [7, 11) is 0. The van der Waals surface area contributed by atoms with E-state index in [2.05, 4.69) is 45.3 Å². The maximum Gasteiger partial charge on any atom is 0.142 e. The summed E-state index contributed by atoms with van der Waals surface area (Å²) in [5.74, 6) is 1.55. The first kappa shape index (κ1) is 15.4. The van der Waals surface area contributed by atoms with Crippen molar-refractivity contribution < 1.29 is 0 Å². The van der Waals surface area contributed by atoms with Crippen LogP contribution in [-0.4, -0.2) is 15.0 Å². The zero-order chi connectivity index (χ0) is 17.4. The number of nitrogen functional groups attached to an aromatic ring is 1. The highest BCUT2D eigenvalue weighted by molar-refractivity contribution is 5.77. The molecule has 1 aromatic carbocycles. The normalized spacial score (nSPS) is 16.2. The van der Waals surface area contributed by atoms with E-state index in [9.17, 15) is 5.26 Å². The molecule has 124 valence electrons. The molecule has 0 amide bonds. The van der Waals surface area contributed by atoms with E-state index in [1.807, 2.05) is 13.0 Å². The molecule has 0 aliphatic heterocycles. The first-order valence-electron chi connectivity index (χ1n) is 8.45. The Labute approximate surface area is 146 Å². The topological polar surface area (TPSA) is 91.4 Å². The van der Waals surface area contributed by atoms with Gasteiger partial charge in [-0.05, 0) is 43.2 Å². The summed E-state index contributed by atoms with van der Waals surface area (Å²) in [6.07, 6.45) is 4.54. The number of benzene rings is 1. The van der Waals surface area contributed by atoms with E-state index in [1.165, 1.54) is 5.56 Å². The Morgan fingerprint density at radius 1 is 1.28 bits per heavy atom. The van der Waals surface area contributed by atoms with E-state index in [0.717, 1.165) is 47.6 Å². The van der Waals surface area contributed by atoms with Gasteiger partial charge in [0.2, 0.25) is 0 Å². The molecule has 5 heteroatoms. The van der Waals surface area contributed by atoms with E-state index in [1.54, 1.807) is 6.20 Å². The first-order chi connectivity index (χ1) is 12.2. The third-order valence-electron chi connectivity index (χ3n) is 4.95. The molecule has 2 aromatic heterocycles. The minimum absolute atomic E-state index is 0.307. The molecule has 0 saturated carbocycles. The van der Waals surface area contributed by atoms with Gasteiger partial charge < -0.3 is 10.7 Å². The molecule has 25 heavy (non-hydrogen) atoms. The average molecular weight is 329 g/mol. The van der Waals surface area contributed by atoms with Gasteiger partial charge in [0.15, 0.2) is 0 Å². The number of rotatable bonds is 2. The number of hydrogen-bond acceptors (Lipinski definition) is 4. The van der Waals surface area contributed by atoms with Gasteiger partial charge in [-0.25, -0.2) is 9.97 Å². The second-order valence-electron chi connectivity index (χ2n) is 6.52. The van der Waals surface area contributed by atoms with E-state index in [0.29, 0.717) is 17.3 Å². The Bertz CT molecular complexity index is 966. The molecule has 0 radical (unpaired) electrons. The van der Waals surface area contributed by atoms with Crippen LogP contribution >= 0.6 is 0 Å². The van der Waals surface area contributed by atoms with Gasteiger partial charge in [0.1, 0.15) is 23.3 Å². The smallest absolute Gasteiger partial charge is 0.142 e. The van der Waals surface area contributed by atoms with Crippen LogP contribution in [0.1, 0.15) is 40.5 Å². The van der Waals surface area contributed by atoms with Crippen molar-refractivity contribution in [3.05, 3.63) is 64.7 Å². The van der Waals surface area contributed by atoms with Crippen LogP contribution in [0.15, 0.2) is 36.5 Å². The number of aromatic nitrogens is 3. The molecule has 5 nitrogen and oxygen atoms in total. The van der Waals surface area contributed by atoms with Gasteiger partial charge in [0.25, 0.3) is 0 Å². The van der Waals surface area contributed by atoms with Gasteiger partial charge in [-0.15, -0.1) is 0 Å². The largest absolute Gasteiger partial charge is 0.383 e. The fraction of sp³-hybridized carbons (Fsp3) is 0.250. The number of H-pyrrole nitrogens is 1. The molecule has 0 spiro atoms. The number of anilines is 1. The summed E-state index contributed by atoms with van der Waals surface area (Å²) in [5, 5.41) is 9.65. The molecule has 1 aliphatic carbocycles. The fourth-order valence-electron chi connectivity index (χ4n) is 3.75. The molecule has 3 aromatic rings. The van der Waals surface area contributed by atoms with Gasteiger partial charge in [-0.1, -0.05) is 30.3 Å². The van der Waals surface area contributed by atoms with E-state index < -0.39 is 0 Å². The number of nitriles is 1. The second kappa shape index (κ2) is 6.06. The number of fused-ring (bicyclic) bond motifs is 1. The van der Waals surface area contributed by atoms with Crippen LogP contribution in [0.5, 0.6) is 0 Å². The number of imidazole rings is 1. The van der Waals surface area contributed by atoms with E-state index >= 15 is 0 Å². The third kappa shape index (κ3) is 2.66. The summed E-state index contributed by atoms with van der Waals surface area (Å²) < 4.78 is 0. The summed E-state index contributed by atoms with van der Waals surface area (Å²) in [6, 6.07) is 12.8. The second-order valence-corrected chi connectivity index (χ2v) is 6.52. The van der Waals surface area contributed by atoms with Crippen LogP contribution in [0.2, 0.25) is 0 Å². The van der Waals surface area contributed by atoms with Crippen LogP contribution < -0.4 is 5.73 Å². The van der Waals surface area contributed by atoms with E-state index in [4.69, 9.17) is 5.73 Å². The molecular weight excluding hydrogens is 310 g/mol. The van der Waals surface area contributed by atoms with Gasteiger partial charge in [-0.2, -0.15) is 5.26 Å².